The highest BCUT2D eigenvalue weighted by molar-refractivity contribution is 5.83. The Balaban J connectivity index is 1.46. The van der Waals surface area contributed by atoms with E-state index < -0.39 is 5.97 Å². The summed E-state index contributed by atoms with van der Waals surface area (Å²) in [6.07, 6.45) is 4.05. The number of aryl methyl sites for hydroxylation is 2. The number of aromatic nitrogens is 2. The molecule has 1 N–H and O–H groups in total. The van der Waals surface area contributed by atoms with Crippen LogP contribution in [0.5, 0.6) is 0 Å². The van der Waals surface area contributed by atoms with Crippen LogP contribution >= 0.6 is 0 Å². The number of fused-ring (bicyclic) bond motifs is 1. The van der Waals surface area contributed by atoms with E-state index in [1.165, 1.54) is 16.6 Å². The lowest BCUT2D eigenvalue weighted by atomic mass is 9.96. The summed E-state index contributed by atoms with van der Waals surface area (Å²) in [5, 5.41) is 2.62. The summed E-state index contributed by atoms with van der Waals surface area (Å²) in [4.78, 5) is 30.0. The molecule has 1 saturated heterocycles. The molecule has 3 rings (SSSR count). The van der Waals surface area contributed by atoms with Gasteiger partial charge in [0.25, 0.3) is 0 Å². The van der Waals surface area contributed by atoms with Crippen LogP contribution in [0.3, 0.4) is 0 Å². The number of carbonyl (C=O) groups is 2. The Kier molecular flexibility index (Phi) is 6.67. The van der Waals surface area contributed by atoms with Crippen LogP contribution in [0.4, 0.5) is 0 Å². The highest BCUT2D eigenvalue weighted by atomic mass is 16.5. The average Bonchev–Trinajstić information content (AvgIpc) is 3.04. The largest absolute Gasteiger partial charge is 0.465 e. The van der Waals surface area contributed by atoms with E-state index in [0.29, 0.717) is 19.1 Å². The molecule has 1 amide bonds. The zero-order valence-corrected chi connectivity index (χ0v) is 17.0. The number of rotatable bonds is 7. The second-order valence-electron chi connectivity index (χ2n) is 7.62. The smallest absolute Gasteiger partial charge is 0.325 e. The molecule has 0 unspecified atom stereocenters. The Morgan fingerprint density at radius 1 is 1.21 bits per heavy atom. The van der Waals surface area contributed by atoms with Gasteiger partial charge in [0.05, 0.1) is 30.5 Å². The fourth-order valence-corrected chi connectivity index (χ4v) is 3.71. The topological polar surface area (TPSA) is 76.5 Å². The number of piperidine rings is 1. The lowest BCUT2D eigenvalue weighted by Gasteiger charge is -2.31. The zero-order valence-electron chi connectivity index (χ0n) is 17.0. The number of ether oxygens (including phenoxy) is 1. The summed E-state index contributed by atoms with van der Waals surface area (Å²) in [7, 11) is 0. The lowest BCUT2D eigenvalue weighted by molar-refractivity contribution is -0.143. The van der Waals surface area contributed by atoms with Crippen LogP contribution in [0.25, 0.3) is 11.0 Å². The predicted molar refractivity (Wildman–Crippen MR) is 108 cm³/mol. The van der Waals surface area contributed by atoms with E-state index in [2.05, 4.69) is 45.7 Å². The normalized spacial score (nSPS) is 15.7. The van der Waals surface area contributed by atoms with Gasteiger partial charge in [-0.25, -0.2) is 4.98 Å². The molecule has 0 bridgehead atoms. The van der Waals surface area contributed by atoms with Crippen LogP contribution in [0.2, 0.25) is 0 Å². The Morgan fingerprint density at radius 3 is 2.64 bits per heavy atom. The van der Waals surface area contributed by atoms with Gasteiger partial charge in [0.2, 0.25) is 5.91 Å². The Bertz CT molecular complexity index is 838. The number of esters is 1. The molecule has 1 fully saturated rings. The first-order chi connectivity index (χ1) is 13.5. The Labute approximate surface area is 166 Å². The van der Waals surface area contributed by atoms with Crippen molar-refractivity contribution in [3.63, 3.8) is 0 Å². The summed E-state index contributed by atoms with van der Waals surface area (Å²) in [6, 6.07) is 4.37. The maximum Gasteiger partial charge on any atom is 0.325 e. The molecule has 2 aromatic rings. The molecule has 28 heavy (non-hydrogen) atoms. The lowest BCUT2D eigenvalue weighted by Crippen LogP contribution is -2.43. The minimum absolute atomic E-state index is 0.0598. The summed E-state index contributed by atoms with van der Waals surface area (Å²) < 4.78 is 7.07. The van der Waals surface area contributed by atoms with Crippen LogP contribution in [0, 0.1) is 19.8 Å². The number of amides is 1. The third-order valence-electron chi connectivity index (χ3n) is 5.50. The summed E-state index contributed by atoms with van der Waals surface area (Å²) in [5.41, 5.74) is 4.81. The highest BCUT2D eigenvalue weighted by Crippen LogP contribution is 2.23. The first-order valence-corrected chi connectivity index (χ1v) is 10.0. The van der Waals surface area contributed by atoms with Crippen molar-refractivity contribution in [2.24, 2.45) is 5.92 Å². The molecule has 2 heterocycles. The van der Waals surface area contributed by atoms with E-state index in [4.69, 9.17) is 4.74 Å². The minimum Gasteiger partial charge on any atom is -0.465 e. The van der Waals surface area contributed by atoms with Crippen molar-refractivity contribution in [1.82, 2.24) is 19.8 Å². The minimum atomic E-state index is -0.396. The van der Waals surface area contributed by atoms with Gasteiger partial charge in [0.15, 0.2) is 0 Å². The van der Waals surface area contributed by atoms with Crippen molar-refractivity contribution in [3.05, 3.63) is 29.6 Å². The third kappa shape index (κ3) is 5.10. The SMILES string of the molecule is CCOC(=O)CNC(=O)CN1CCC(Cn2cnc3cc(C)c(C)cc32)CC1. The van der Waals surface area contributed by atoms with Gasteiger partial charge in [-0.3, -0.25) is 14.5 Å². The van der Waals surface area contributed by atoms with Crippen molar-refractivity contribution >= 4 is 22.9 Å². The molecule has 1 aliphatic heterocycles. The van der Waals surface area contributed by atoms with Crippen molar-refractivity contribution < 1.29 is 14.3 Å². The Morgan fingerprint density at radius 2 is 1.93 bits per heavy atom. The van der Waals surface area contributed by atoms with Crippen LogP contribution in [0.1, 0.15) is 30.9 Å². The number of likely N-dealkylation sites (tertiary alicyclic amines) is 1. The predicted octanol–water partition coefficient (Wildman–Crippen LogP) is 2.04. The van der Waals surface area contributed by atoms with Gasteiger partial charge < -0.3 is 14.6 Å². The molecule has 0 saturated carbocycles. The van der Waals surface area contributed by atoms with Crippen molar-refractivity contribution in [1.29, 1.82) is 0 Å². The summed E-state index contributed by atoms with van der Waals surface area (Å²) >= 11 is 0. The monoisotopic (exact) mass is 386 g/mol. The van der Waals surface area contributed by atoms with Gasteiger partial charge in [0, 0.05) is 6.54 Å². The van der Waals surface area contributed by atoms with E-state index >= 15 is 0 Å². The standard InChI is InChI=1S/C21H30N4O3/c1-4-28-21(27)11-22-20(26)13-24-7-5-17(6-8-24)12-25-14-23-18-9-15(2)16(3)10-19(18)25/h9-10,14,17H,4-8,11-13H2,1-3H3,(H,22,26). The Hall–Kier alpha value is -2.41. The number of benzene rings is 1. The van der Waals surface area contributed by atoms with Crippen molar-refractivity contribution in [2.45, 2.75) is 40.2 Å². The van der Waals surface area contributed by atoms with Crippen molar-refractivity contribution in [3.8, 4) is 0 Å². The van der Waals surface area contributed by atoms with Gasteiger partial charge in [-0.1, -0.05) is 0 Å². The molecule has 0 aliphatic carbocycles. The van der Waals surface area contributed by atoms with E-state index in [1.54, 1.807) is 6.92 Å². The molecule has 0 atom stereocenters. The number of hydrogen-bond donors (Lipinski definition) is 1. The van der Waals surface area contributed by atoms with Crippen molar-refractivity contribution in [2.75, 3.05) is 32.8 Å². The van der Waals surface area contributed by atoms with Crippen LogP contribution in [-0.2, 0) is 20.9 Å². The van der Waals surface area contributed by atoms with Gasteiger partial charge in [-0.2, -0.15) is 0 Å². The maximum atomic E-state index is 12.0. The van der Waals surface area contributed by atoms with Crippen LogP contribution in [0.15, 0.2) is 18.5 Å². The first kappa shape index (κ1) is 20.3. The average molecular weight is 386 g/mol. The molecule has 0 spiro atoms. The number of hydrogen-bond acceptors (Lipinski definition) is 5. The molecule has 7 heteroatoms. The third-order valence-corrected chi connectivity index (χ3v) is 5.50. The molecule has 0 radical (unpaired) electrons. The number of nitrogens with zero attached hydrogens (tertiary/aromatic N) is 3. The molecular formula is C21H30N4O3. The van der Waals surface area contributed by atoms with E-state index in [1.807, 2.05) is 6.33 Å². The number of imidazole rings is 1. The number of carbonyl (C=O) groups excluding carboxylic acids is 2. The summed E-state index contributed by atoms with van der Waals surface area (Å²) in [5.74, 6) is 0.0587. The molecule has 7 nitrogen and oxygen atoms in total. The summed E-state index contributed by atoms with van der Waals surface area (Å²) in [6.45, 7) is 9.34. The second kappa shape index (κ2) is 9.19. The van der Waals surface area contributed by atoms with E-state index in [-0.39, 0.29) is 12.5 Å². The zero-order chi connectivity index (χ0) is 20.1. The molecule has 1 aromatic heterocycles. The second-order valence-corrected chi connectivity index (χ2v) is 7.62. The molecule has 1 aromatic carbocycles. The van der Waals surface area contributed by atoms with Gasteiger partial charge >= 0.3 is 5.97 Å². The quantitative estimate of drug-likeness (QED) is 0.737. The molecule has 1 aliphatic rings. The number of nitrogens with one attached hydrogen (secondary N) is 1. The van der Waals surface area contributed by atoms with Crippen LogP contribution < -0.4 is 5.32 Å². The van der Waals surface area contributed by atoms with Gasteiger partial charge in [-0.15, -0.1) is 0 Å². The van der Waals surface area contributed by atoms with Gasteiger partial charge in [-0.05, 0) is 75.9 Å². The fraction of sp³-hybridized carbons (Fsp3) is 0.571. The van der Waals surface area contributed by atoms with Gasteiger partial charge in [0.1, 0.15) is 6.54 Å². The fourth-order valence-electron chi connectivity index (χ4n) is 3.71. The van der Waals surface area contributed by atoms with E-state index in [0.717, 1.165) is 38.0 Å². The van der Waals surface area contributed by atoms with Crippen LogP contribution in [-0.4, -0.2) is 59.1 Å². The molecular weight excluding hydrogens is 356 g/mol. The van der Waals surface area contributed by atoms with E-state index in [9.17, 15) is 9.59 Å². The molecule has 152 valence electrons. The first-order valence-electron chi connectivity index (χ1n) is 10.0. The highest BCUT2D eigenvalue weighted by Gasteiger charge is 2.22. The maximum absolute atomic E-state index is 12.0.